The minimum Gasteiger partial charge on any atom is -0.497 e. The second-order valence-corrected chi connectivity index (χ2v) is 8.12. The molecule has 1 saturated heterocycles. The highest BCUT2D eigenvalue weighted by atomic mass is 16.5. The van der Waals surface area contributed by atoms with E-state index < -0.39 is 5.91 Å². The van der Waals surface area contributed by atoms with Gasteiger partial charge in [-0.25, -0.2) is 9.97 Å². The fraction of sp³-hybridized carbons (Fsp3) is 0.391. The van der Waals surface area contributed by atoms with Crippen molar-refractivity contribution in [3.63, 3.8) is 0 Å². The number of aromatic amines is 1. The Bertz CT molecular complexity index is 1100. The second-order valence-electron chi connectivity index (χ2n) is 8.12. The summed E-state index contributed by atoms with van der Waals surface area (Å²) < 4.78 is 16.3. The standard InChI is InChI=1S/C23H29N7O4/c1-15-13-30(6-5-29(15)2)21-12-24-19(11-25-21)23(31)26-20-10-22(28-27-20)34-14-16-7-17(32-3)9-18(8-16)33-4/h7-12,15H,5-6,13-14H2,1-4H3,(H2,26,27,28,31). The molecule has 1 unspecified atom stereocenters. The Labute approximate surface area is 198 Å². The van der Waals surface area contributed by atoms with Crippen molar-refractivity contribution in [3.05, 3.63) is 47.9 Å². The number of hydrogen-bond acceptors (Lipinski definition) is 9. The number of likely N-dealkylation sites (N-methyl/N-ethyl adjacent to an activating group) is 1. The van der Waals surface area contributed by atoms with Crippen molar-refractivity contribution in [1.29, 1.82) is 0 Å². The highest BCUT2D eigenvalue weighted by molar-refractivity contribution is 6.02. The summed E-state index contributed by atoms with van der Waals surface area (Å²) in [6.07, 6.45) is 3.12. The molecule has 2 aromatic heterocycles. The fourth-order valence-corrected chi connectivity index (χ4v) is 3.59. The lowest BCUT2D eigenvalue weighted by atomic mass is 10.2. The van der Waals surface area contributed by atoms with Crippen LogP contribution in [-0.2, 0) is 6.61 Å². The SMILES string of the molecule is COc1cc(COc2cc(NC(=O)c3cnc(N4CCN(C)C(C)C4)cn3)[nH]n2)cc(OC)c1. The lowest BCUT2D eigenvalue weighted by Gasteiger charge is -2.38. The summed E-state index contributed by atoms with van der Waals surface area (Å²) in [6, 6.07) is 7.52. The first-order chi connectivity index (χ1) is 16.4. The number of carbonyl (C=O) groups is 1. The van der Waals surface area contributed by atoms with Crippen LogP contribution in [-0.4, -0.2) is 77.9 Å². The molecule has 4 rings (SSSR count). The van der Waals surface area contributed by atoms with Crippen molar-refractivity contribution >= 4 is 17.5 Å². The summed E-state index contributed by atoms with van der Waals surface area (Å²) in [4.78, 5) is 25.8. The van der Waals surface area contributed by atoms with Crippen molar-refractivity contribution in [2.75, 3.05) is 51.1 Å². The van der Waals surface area contributed by atoms with E-state index in [-0.39, 0.29) is 12.3 Å². The molecule has 1 aliphatic heterocycles. The van der Waals surface area contributed by atoms with E-state index in [1.165, 1.54) is 6.20 Å². The van der Waals surface area contributed by atoms with Crippen molar-refractivity contribution in [3.8, 4) is 17.4 Å². The van der Waals surface area contributed by atoms with Crippen molar-refractivity contribution in [1.82, 2.24) is 25.1 Å². The molecular weight excluding hydrogens is 438 g/mol. The zero-order valence-electron chi connectivity index (χ0n) is 19.7. The van der Waals surface area contributed by atoms with Gasteiger partial charge in [0.25, 0.3) is 5.91 Å². The Balaban J connectivity index is 1.33. The lowest BCUT2D eigenvalue weighted by molar-refractivity contribution is 0.102. The molecule has 0 bridgehead atoms. The molecule has 3 aromatic rings. The summed E-state index contributed by atoms with van der Waals surface area (Å²) in [6.45, 7) is 5.14. The molecule has 2 N–H and O–H groups in total. The average molecular weight is 468 g/mol. The molecule has 1 aliphatic rings. The monoisotopic (exact) mass is 467 g/mol. The number of rotatable bonds is 8. The van der Waals surface area contributed by atoms with Gasteiger partial charge in [0.05, 0.1) is 26.6 Å². The van der Waals surface area contributed by atoms with Crippen LogP contribution < -0.4 is 24.4 Å². The zero-order valence-corrected chi connectivity index (χ0v) is 19.7. The van der Waals surface area contributed by atoms with Crippen molar-refractivity contribution in [2.24, 2.45) is 0 Å². The third-order valence-corrected chi connectivity index (χ3v) is 5.76. The number of H-pyrrole nitrogens is 1. The smallest absolute Gasteiger partial charge is 0.277 e. The number of methoxy groups -OCH3 is 2. The number of nitrogens with zero attached hydrogens (tertiary/aromatic N) is 5. The number of aromatic nitrogens is 4. The molecule has 0 aliphatic carbocycles. The zero-order chi connectivity index (χ0) is 24.1. The van der Waals surface area contributed by atoms with Gasteiger partial charge in [-0.15, -0.1) is 5.10 Å². The lowest BCUT2D eigenvalue weighted by Crippen LogP contribution is -2.50. The molecule has 3 heterocycles. The highest BCUT2D eigenvalue weighted by Gasteiger charge is 2.22. The van der Waals surface area contributed by atoms with E-state index in [2.05, 4.69) is 49.3 Å². The van der Waals surface area contributed by atoms with Crippen molar-refractivity contribution in [2.45, 2.75) is 19.6 Å². The minimum atomic E-state index is -0.390. The molecule has 180 valence electrons. The van der Waals surface area contributed by atoms with Crippen LogP contribution >= 0.6 is 0 Å². The van der Waals surface area contributed by atoms with E-state index >= 15 is 0 Å². The van der Waals surface area contributed by atoms with Crippen LogP contribution in [0, 0.1) is 0 Å². The highest BCUT2D eigenvalue weighted by Crippen LogP contribution is 2.24. The Kier molecular flexibility index (Phi) is 7.12. The summed E-state index contributed by atoms with van der Waals surface area (Å²) in [5.41, 5.74) is 1.07. The van der Waals surface area contributed by atoms with E-state index in [0.29, 0.717) is 29.2 Å². The maximum atomic E-state index is 12.6. The predicted molar refractivity (Wildman–Crippen MR) is 127 cm³/mol. The average Bonchev–Trinajstić information content (AvgIpc) is 3.31. The number of hydrogen-bond donors (Lipinski definition) is 2. The number of benzene rings is 1. The van der Waals surface area contributed by atoms with Gasteiger partial charge in [0.1, 0.15) is 35.4 Å². The molecular formula is C23H29N7O4. The van der Waals surface area contributed by atoms with E-state index in [0.717, 1.165) is 31.0 Å². The van der Waals surface area contributed by atoms with Gasteiger partial charge >= 0.3 is 0 Å². The summed E-state index contributed by atoms with van der Waals surface area (Å²) in [5, 5.41) is 9.55. The number of nitrogens with one attached hydrogen (secondary N) is 2. The van der Waals surface area contributed by atoms with Gasteiger partial charge in [-0.3, -0.25) is 9.89 Å². The van der Waals surface area contributed by atoms with E-state index in [4.69, 9.17) is 14.2 Å². The van der Waals surface area contributed by atoms with Crippen molar-refractivity contribution < 1.29 is 19.0 Å². The van der Waals surface area contributed by atoms with Gasteiger partial charge in [0, 0.05) is 37.8 Å². The number of amides is 1. The first-order valence-corrected chi connectivity index (χ1v) is 10.9. The number of piperazine rings is 1. The van der Waals surface area contributed by atoms with Gasteiger partial charge < -0.3 is 29.3 Å². The topological polar surface area (TPSA) is 118 Å². The van der Waals surface area contributed by atoms with Crippen LogP contribution in [0.15, 0.2) is 36.7 Å². The number of carbonyl (C=O) groups excluding carboxylic acids is 1. The van der Waals surface area contributed by atoms with Crippen LogP contribution in [0.5, 0.6) is 17.4 Å². The Hall–Kier alpha value is -3.86. The largest absolute Gasteiger partial charge is 0.497 e. The first kappa shape index (κ1) is 23.3. The Morgan fingerprint density at radius 2 is 1.88 bits per heavy atom. The maximum Gasteiger partial charge on any atom is 0.277 e. The molecule has 0 saturated carbocycles. The van der Waals surface area contributed by atoms with Gasteiger partial charge in [-0.05, 0) is 31.7 Å². The molecule has 1 fully saturated rings. The molecule has 0 radical (unpaired) electrons. The second kappa shape index (κ2) is 10.4. The molecule has 0 spiro atoms. The van der Waals surface area contributed by atoms with E-state index in [1.54, 1.807) is 32.5 Å². The van der Waals surface area contributed by atoms with E-state index in [9.17, 15) is 4.79 Å². The Morgan fingerprint density at radius 3 is 2.53 bits per heavy atom. The number of ether oxygens (including phenoxy) is 3. The first-order valence-electron chi connectivity index (χ1n) is 10.9. The van der Waals surface area contributed by atoms with Crippen LogP contribution in [0.1, 0.15) is 23.0 Å². The molecule has 11 nitrogen and oxygen atoms in total. The summed E-state index contributed by atoms with van der Waals surface area (Å²) >= 11 is 0. The van der Waals surface area contributed by atoms with Crippen LogP contribution in [0.2, 0.25) is 0 Å². The summed E-state index contributed by atoms with van der Waals surface area (Å²) in [7, 11) is 5.29. The fourth-order valence-electron chi connectivity index (χ4n) is 3.59. The third kappa shape index (κ3) is 5.54. The van der Waals surface area contributed by atoms with Gasteiger partial charge in [0.2, 0.25) is 5.88 Å². The molecule has 34 heavy (non-hydrogen) atoms. The molecule has 1 aromatic carbocycles. The maximum absolute atomic E-state index is 12.6. The number of anilines is 2. The molecule has 11 heteroatoms. The van der Waals surface area contributed by atoms with Crippen LogP contribution in [0.3, 0.4) is 0 Å². The van der Waals surface area contributed by atoms with Gasteiger partial charge in [-0.1, -0.05) is 0 Å². The van der Waals surface area contributed by atoms with Gasteiger partial charge in [0.15, 0.2) is 0 Å². The molecule has 1 amide bonds. The van der Waals surface area contributed by atoms with Gasteiger partial charge in [-0.2, -0.15) is 0 Å². The van der Waals surface area contributed by atoms with Crippen LogP contribution in [0.4, 0.5) is 11.6 Å². The van der Waals surface area contributed by atoms with Crippen LogP contribution in [0.25, 0.3) is 0 Å². The summed E-state index contributed by atoms with van der Waals surface area (Å²) in [5.74, 6) is 2.44. The quantitative estimate of drug-likeness (QED) is 0.514. The normalized spacial score (nSPS) is 16.2. The third-order valence-electron chi connectivity index (χ3n) is 5.76. The predicted octanol–water partition coefficient (Wildman–Crippen LogP) is 2.19. The Morgan fingerprint density at radius 1 is 1.12 bits per heavy atom. The minimum absolute atomic E-state index is 0.214. The molecule has 1 atom stereocenters. The van der Waals surface area contributed by atoms with E-state index in [1.807, 2.05) is 12.1 Å².